The second-order valence-corrected chi connectivity index (χ2v) is 6.21. The minimum Gasteiger partial charge on any atom is -0.383 e. The van der Waals surface area contributed by atoms with Crippen LogP contribution in [0.15, 0.2) is 48.5 Å². The van der Waals surface area contributed by atoms with Gasteiger partial charge in [0.1, 0.15) is 0 Å². The standard InChI is InChI=1S/C18H21ClN2/c1-21(13-14-6-9-16(19)10-7-14)17-11-8-15-4-2-3-5-18(15)20-12-17/h2-7,9-10,17,20H,8,11-13H2,1H3. The minimum atomic E-state index is 0.549. The Labute approximate surface area is 131 Å². The van der Waals surface area contributed by atoms with Crippen molar-refractivity contribution in [1.29, 1.82) is 0 Å². The van der Waals surface area contributed by atoms with E-state index >= 15 is 0 Å². The molecule has 1 heterocycles. The number of nitrogens with zero attached hydrogens (tertiary/aromatic N) is 1. The normalized spacial score (nSPS) is 18.0. The van der Waals surface area contributed by atoms with Gasteiger partial charge in [0.2, 0.25) is 0 Å². The van der Waals surface area contributed by atoms with E-state index in [4.69, 9.17) is 11.6 Å². The number of fused-ring (bicyclic) bond motifs is 1. The molecule has 0 aliphatic carbocycles. The van der Waals surface area contributed by atoms with Gasteiger partial charge in [-0.1, -0.05) is 41.9 Å². The fourth-order valence-electron chi connectivity index (χ4n) is 2.95. The maximum absolute atomic E-state index is 5.95. The summed E-state index contributed by atoms with van der Waals surface area (Å²) in [4.78, 5) is 2.43. The Morgan fingerprint density at radius 2 is 1.90 bits per heavy atom. The van der Waals surface area contributed by atoms with Crippen LogP contribution in [0, 0.1) is 0 Å². The molecule has 1 aliphatic rings. The van der Waals surface area contributed by atoms with E-state index in [9.17, 15) is 0 Å². The lowest BCUT2D eigenvalue weighted by Crippen LogP contribution is -2.36. The Kier molecular flexibility index (Phi) is 4.47. The molecule has 0 radical (unpaired) electrons. The summed E-state index contributed by atoms with van der Waals surface area (Å²) in [5, 5.41) is 4.39. The number of hydrogen-bond donors (Lipinski definition) is 1. The van der Waals surface area contributed by atoms with Crippen molar-refractivity contribution in [2.45, 2.75) is 25.4 Å². The van der Waals surface area contributed by atoms with Gasteiger partial charge in [-0.25, -0.2) is 0 Å². The number of aryl methyl sites for hydroxylation is 1. The number of benzene rings is 2. The quantitative estimate of drug-likeness (QED) is 0.914. The molecule has 0 spiro atoms. The molecule has 3 heteroatoms. The fraction of sp³-hybridized carbons (Fsp3) is 0.333. The summed E-state index contributed by atoms with van der Waals surface area (Å²) in [5.74, 6) is 0. The fourth-order valence-corrected chi connectivity index (χ4v) is 3.07. The Balaban J connectivity index is 1.64. The molecule has 110 valence electrons. The zero-order chi connectivity index (χ0) is 14.7. The van der Waals surface area contributed by atoms with Crippen molar-refractivity contribution in [3.8, 4) is 0 Å². The predicted molar refractivity (Wildman–Crippen MR) is 90.0 cm³/mol. The maximum Gasteiger partial charge on any atom is 0.0406 e. The highest BCUT2D eigenvalue weighted by Crippen LogP contribution is 2.23. The van der Waals surface area contributed by atoms with Crippen molar-refractivity contribution >= 4 is 17.3 Å². The molecule has 2 aromatic rings. The van der Waals surface area contributed by atoms with E-state index in [1.54, 1.807) is 0 Å². The van der Waals surface area contributed by atoms with Crippen LogP contribution in [0.25, 0.3) is 0 Å². The average Bonchev–Trinajstić information content (AvgIpc) is 2.72. The van der Waals surface area contributed by atoms with Crippen molar-refractivity contribution in [3.05, 3.63) is 64.7 Å². The summed E-state index contributed by atoms with van der Waals surface area (Å²) in [7, 11) is 2.21. The highest BCUT2D eigenvalue weighted by atomic mass is 35.5. The third kappa shape index (κ3) is 3.58. The summed E-state index contributed by atoms with van der Waals surface area (Å²) in [6.07, 6.45) is 2.33. The highest BCUT2D eigenvalue weighted by molar-refractivity contribution is 6.30. The van der Waals surface area contributed by atoms with Gasteiger partial charge in [0.05, 0.1) is 0 Å². The molecule has 21 heavy (non-hydrogen) atoms. The number of halogens is 1. The van der Waals surface area contributed by atoms with Gasteiger partial charge in [0, 0.05) is 29.8 Å². The third-order valence-corrected chi connectivity index (χ3v) is 4.51. The molecule has 2 nitrogen and oxygen atoms in total. The number of anilines is 1. The van der Waals surface area contributed by atoms with E-state index < -0.39 is 0 Å². The van der Waals surface area contributed by atoms with E-state index in [0.29, 0.717) is 6.04 Å². The molecular weight excluding hydrogens is 280 g/mol. The molecule has 1 atom stereocenters. The van der Waals surface area contributed by atoms with Gasteiger partial charge in [-0.05, 0) is 49.2 Å². The van der Waals surface area contributed by atoms with Crippen molar-refractivity contribution in [2.24, 2.45) is 0 Å². The van der Waals surface area contributed by atoms with Crippen LogP contribution in [-0.2, 0) is 13.0 Å². The first kappa shape index (κ1) is 14.4. The monoisotopic (exact) mass is 300 g/mol. The minimum absolute atomic E-state index is 0.549. The molecule has 2 aromatic carbocycles. The first-order valence-corrected chi connectivity index (χ1v) is 7.86. The summed E-state index contributed by atoms with van der Waals surface area (Å²) < 4.78 is 0. The van der Waals surface area contributed by atoms with Gasteiger partial charge in [-0.15, -0.1) is 0 Å². The molecule has 0 saturated heterocycles. The third-order valence-electron chi connectivity index (χ3n) is 4.26. The van der Waals surface area contributed by atoms with E-state index in [-0.39, 0.29) is 0 Å². The summed E-state index contributed by atoms with van der Waals surface area (Å²) in [6, 6.07) is 17.3. The van der Waals surface area contributed by atoms with Gasteiger partial charge in [-0.3, -0.25) is 4.90 Å². The molecule has 0 amide bonds. The van der Waals surface area contributed by atoms with Crippen LogP contribution < -0.4 is 5.32 Å². The molecule has 0 aromatic heterocycles. The molecule has 1 unspecified atom stereocenters. The topological polar surface area (TPSA) is 15.3 Å². The summed E-state index contributed by atoms with van der Waals surface area (Å²) >= 11 is 5.95. The molecule has 0 bridgehead atoms. The Morgan fingerprint density at radius 3 is 2.71 bits per heavy atom. The zero-order valence-corrected chi connectivity index (χ0v) is 13.1. The summed E-state index contributed by atoms with van der Waals surface area (Å²) in [6.45, 7) is 1.96. The van der Waals surface area contributed by atoms with Crippen LogP contribution in [0.3, 0.4) is 0 Å². The number of nitrogens with one attached hydrogen (secondary N) is 1. The van der Waals surface area contributed by atoms with Crippen LogP contribution in [0.2, 0.25) is 5.02 Å². The molecule has 3 rings (SSSR count). The molecular formula is C18H21ClN2. The van der Waals surface area contributed by atoms with Crippen molar-refractivity contribution < 1.29 is 0 Å². The van der Waals surface area contributed by atoms with Crippen LogP contribution in [0.4, 0.5) is 5.69 Å². The van der Waals surface area contributed by atoms with Gasteiger partial charge >= 0.3 is 0 Å². The lowest BCUT2D eigenvalue weighted by Gasteiger charge is -2.27. The number of likely N-dealkylation sites (N-methyl/N-ethyl adjacent to an activating group) is 1. The van der Waals surface area contributed by atoms with Crippen LogP contribution in [0.5, 0.6) is 0 Å². The molecule has 1 N–H and O–H groups in total. The average molecular weight is 301 g/mol. The molecule has 0 fully saturated rings. The largest absolute Gasteiger partial charge is 0.383 e. The highest BCUT2D eigenvalue weighted by Gasteiger charge is 2.19. The van der Waals surface area contributed by atoms with Gasteiger partial charge < -0.3 is 5.32 Å². The lowest BCUT2D eigenvalue weighted by molar-refractivity contribution is 0.233. The zero-order valence-electron chi connectivity index (χ0n) is 12.3. The Bertz CT molecular complexity index is 567. The number of hydrogen-bond acceptors (Lipinski definition) is 2. The number of rotatable bonds is 3. The van der Waals surface area contributed by atoms with Crippen molar-refractivity contribution in [1.82, 2.24) is 4.90 Å². The van der Waals surface area contributed by atoms with Crippen molar-refractivity contribution in [2.75, 3.05) is 18.9 Å². The van der Waals surface area contributed by atoms with Crippen molar-refractivity contribution in [3.63, 3.8) is 0 Å². The van der Waals surface area contributed by atoms with Gasteiger partial charge in [0.25, 0.3) is 0 Å². The molecule has 1 aliphatic heterocycles. The van der Waals surface area contributed by atoms with Crippen LogP contribution >= 0.6 is 11.6 Å². The smallest absolute Gasteiger partial charge is 0.0406 e. The molecule has 0 saturated carbocycles. The van der Waals surface area contributed by atoms with E-state index in [0.717, 1.165) is 24.5 Å². The SMILES string of the molecule is CN(Cc1ccc(Cl)cc1)C1CCc2ccccc2NC1. The van der Waals surface area contributed by atoms with Crippen LogP contribution in [0.1, 0.15) is 17.5 Å². The van der Waals surface area contributed by atoms with Gasteiger partial charge in [0.15, 0.2) is 0 Å². The van der Waals surface area contributed by atoms with E-state index in [2.05, 4.69) is 53.7 Å². The second-order valence-electron chi connectivity index (χ2n) is 5.77. The maximum atomic E-state index is 5.95. The van der Waals surface area contributed by atoms with E-state index in [1.165, 1.54) is 23.2 Å². The Hall–Kier alpha value is -1.51. The first-order valence-electron chi connectivity index (χ1n) is 7.49. The second kappa shape index (κ2) is 6.50. The Morgan fingerprint density at radius 1 is 1.14 bits per heavy atom. The predicted octanol–water partition coefficient (Wildman–Crippen LogP) is 4.20. The van der Waals surface area contributed by atoms with Gasteiger partial charge in [-0.2, -0.15) is 0 Å². The van der Waals surface area contributed by atoms with Crippen LogP contribution in [-0.4, -0.2) is 24.5 Å². The number of para-hydroxylation sites is 1. The first-order chi connectivity index (χ1) is 10.2. The van der Waals surface area contributed by atoms with E-state index in [1.807, 2.05) is 12.1 Å². The summed E-state index contributed by atoms with van der Waals surface area (Å²) in [5.41, 5.74) is 4.03. The lowest BCUT2D eigenvalue weighted by atomic mass is 10.1.